The van der Waals surface area contributed by atoms with Gasteiger partial charge in [-0.3, -0.25) is 9.89 Å². The molecule has 112 valence electrons. The highest BCUT2D eigenvalue weighted by molar-refractivity contribution is 7.99. The molecule has 6 heteroatoms. The van der Waals surface area contributed by atoms with Crippen LogP contribution < -0.4 is 0 Å². The zero-order valence-electron chi connectivity index (χ0n) is 12.4. The van der Waals surface area contributed by atoms with E-state index in [0.29, 0.717) is 16.7 Å². The van der Waals surface area contributed by atoms with Gasteiger partial charge in [-0.25, -0.2) is 4.98 Å². The lowest BCUT2D eigenvalue weighted by Crippen LogP contribution is -2.10. The number of aromatic nitrogens is 3. The van der Waals surface area contributed by atoms with Gasteiger partial charge in [0.25, 0.3) is 0 Å². The fourth-order valence-electron chi connectivity index (χ4n) is 1.80. The number of nitrogens with zero attached hydrogens (tertiary/aromatic N) is 2. The standard InChI is InChI=1S/C15H19N3O2S/c1-15(2,3)11-6-4-10(5-7-11)13-16-14(18-17-13)21-9-8-12(19)20/h4-7H,8-9H2,1-3H3,(H,19,20)(H,16,17,18). The molecule has 2 aromatic rings. The number of nitrogens with one attached hydrogen (secondary N) is 1. The number of aromatic amines is 1. The highest BCUT2D eigenvalue weighted by atomic mass is 32.2. The van der Waals surface area contributed by atoms with Gasteiger partial charge in [0.2, 0.25) is 5.16 Å². The zero-order valence-corrected chi connectivity index (χ0v) is 13.2. The first-order chi connectivity index (χ1) is 9.86. The van der Waals surface area contributed by atoms with Crippen LogP contribution in [-0.4, -0.2) is 32.0 Å². The van der Waals surface area contributed by atoms with Crippen LogP contribution in [0.1, 0.15) is 32.8 Å². The summed E-state index contributed by atoms with van der Waals surface area (Å²) in [6, 6.07) is 8.23. The third-order valence-electron chi connectivity index (χ3n) is 3.04. The monoisotopic (exact) mass is 305 g/mol. The minimum atomic E-state index is -0.809. The Morgan fingerprint density at radius 2 is 1.95 bits per heavy atom. The molecule has 0 saturated carbocycles. The maximum Gasteiger partial charge on any atom is 0.304 e. The molecule has 0 aliphatic heterocycles. The smallest absolute Gasteiger partial charge is 0.304 e. The summed E-state index contributed by atoms with van der Waals surface area (Å²) in [5.41, 5.74) is 2.36. The molecule has 0 saturated heterocycles. The number of carboxylic acids is 1. The molecular weight excluding hydrogens is 286 g/mol. The topological polar surface area (TPSA) is 78.9 Å². The molecule has 0 radical (unpaired) electrons. The Balaban J connectivity index is 2.05. The molecule has 2 rings (SSSR count). The van der Waals surface area contributed by atoms with Crippen molar-refractivity contribution in [3.8, 4) is 11.4 Å². The van der Waals surface area contributed by atoms with E-state index >= 15 is 0 Å². The Bertz CT molecular complexity index is 615. The van der Waals surface area contributed by atoms with Gasteiger partial charge in [0, 0.05) is 11.3 Å². The molecule has 5 nitrogen and oxygen atoms in total. The third kappa shape index (κ3) is 4.32. The molecule has 1 aromatic heterocycles. The van der Waals surface area contributed by atoms with Crippen molar-refractivity contribution in [1.82, 2.24) is 15.2 Å². The summed E-state index contributed by atoms with van der Waals surface area (Å²) in [6.07, 6.45) is 0.106. The number of rotatable bonds is 5. The van der Waals surface area contributed by atoms with E-state index in [1.54, 1.807) is 0 Å². The van der Waals surface area contributed by atoms with Crippen LogP contribution >= 0.6 is 11.8 Å². The molecule has 0 aliphatic carbocycles. The normalized spacial score (nSPS) is 11.6. The van der Waals surface area contributed by atoms with E-state index in [4.69, 9.17) is 5.11 Å². The Labute approximate surface area is 128 Å². The van der Waals surface area contributed by atoms with Gasteiger partial charge >= 0.3 is 5.97 Å². The SMILES string of the molecule is CC(C)(C)c1ccc(-c2nc(SCCC(=O)O)n[nH]2)cc1. The Hall–Kier alpha value is -1.82. The van der Waals surface area contributed by atoms with Crippen LogP contribution in [0, 0.1) is 0 Å². The minimum Gasteiger partial charge on any atom is -0.481 e. The van der Waals surface area contributed by atoms with Gasteiger partial charge < -0.3 is 5.11 Å². The van der Waals surface area contributed by atoms with Gasteiger partial charge in [0.05, 0.1) is 6.42 Å². The van der Waals surface area contributed by atoms with E-state index < -0.39 is 5.97 Å². The van der Waals surface area contributed by atoms with E-state index in [9.17, 15) is 4.79 Å². The first-order valence-corrected chi connectivity index (χ1v) is 7.73. The quantitative estimate of drug-likeness (QED) is 0.828. The second-order valence-electron chi connectivity index (χ2n) is 5.79. The van der Waals surface area contributed by atoms with Crippen molar-refractivity contribution in [2.75, 3.05) is 5.75 Å². The fraction of sp³-hybridized carbons (Fsp3) is 0.400. The lowest BCUT2D eigenvalue weighted by atomic mass is 9.87. The van der Waals surface area contributed by atoms with Crippen molar-refractivity contribution < 1.29 is 9.90 Å². The number of hydrogen-bond acceptors (Lipinski definition) is 4. The third-order valence-corrected chi connectivity index (χ3v) is 3.89. The molecule has 2 N–H and O–H groups in total. The molecule has 21 heavy (non-hydrogen) atoms. The zero-order chi connectivity index (χ0) is 15.5. The van der Waals surface area contributed by atoms with E-state index in [1.807, 2.05) is 12.1 Å². The fourth-order valence-corrected chi connectivity index (χ4v) is 2.52. The van der Waals surface area contributed by atoms with E-state index in [-0.39, 0.29) is 11.8 Å². The second kappa shape index (κ2) is 6.30. The van der Waals surface area contributed by atoms with Gasteiger partial charge in [-0.15, -0.1) is 5.10 Å². The summed E-state index contributed by atoms with van der Waals surface area (Å²) >= 11 is 1.34. The Kier molecular flexibility index (Phi) is 4.67. The van der Waals surface area contributed by atoms with Gasteiger partial charge in [-0.2, -0.15) is 0 Å². The van der Waals surface area contributed by atoms with Crippen molar-refractivity contribution in [2.24, 2.45) is 0 Å². The van der Waals surface area contributed by atoms with Gasteiger partial charge in [0.1, 0.15) is 0 Å². The Morgan fingerprint density at radius 1 is 1.29 bits per heavy atom. The van der Waals surface area contributed by atoms with Crippen LogP contribution in [0.5, 0.6) is 0 Å². The van der Waals surface area contributed by atoms with Crippen LogP contribution in [0.3, 0.4) is 0 Å². The summed E-state index contributed by atoms with van der Waals surface area (Å²) in [7, 11) is 0. The molecule has 1 heterocycles. The molecule has 0 bridgehead atoms. The number of thioether (sulfide) groups is 1. The van der Waals surface area contributed by atoms with E-state index in [2.05, 4.69) is 48.1 Å². The van der Waals surface area contributed by atoms with Crippen molar-refractivity contribution in [3.05, 3.63) is 29.8 Å². The number of benzene rings is 1. The van der Waals surface area contributed by atoms with Crippen LogP contribution in [0.15, 0.2) is 29.4 Å². The van der Waals surface area contributed by atoms with Crippen LogP contribution in [0.4, 0.5) is 0 Å². The van der Waals surface area contributed by atoms with Gasteiger partial charge in [-0.1, -0.05) is 56.8 Å². The summed E-state index contributed by atoms with van der Waals surface area (Å²) in [6.45, 7) is 6.52. The average Bonchev–Trinajstić information content (AvgIpc) is 2.86. The summed E-state index contributed by atoms with van der Waals surface area (Å²) < 4.78 is 0. The van der Waals surface area contributed by atoms with Crippen molar-refractivity contribution >= 4 is 17.7 Å². The average molecular weight is 305 g/mol. The number of aliphatic carboxylic acids is 1. The highest BCUT2D eigenvalue weighted by Gasteiger charge is 2.14. The summed E-state index contributed by atoms with van der Waals surface area (Å²) in [5, 5.41) is 16.2. The molecule has 0 amide bonds. The van der Waals surface area contributed by atoms with Gasteiger partial charge in [-0.05, 0) is 11.0 Å². The molecule has 1 aromatic carbocycles. The lowest BCUT2D eigenvalue weighted by molar-refractivity contribution is -0.136. The summed E-state index contributed by atoms with van der Waals surface area (Å²) in [5.74, 6) is 0.361. The predicted molar refractivity (Wildman–Crippen MR) is 83.5 cm³/mol. The van der Waals surface area contributed by atoms with Crippen molar-refractivity contribution in [1.29, 1.82) is 0 Å². The maximum absolute atomic E-state index is 10.5. The van der Waals surface area contributed by atoms with E-state index in [1.165, 1.54) is 17.3 Å². The lowest BCUT2D eigenvalue weighted by Gasteiger charge is -2.18. The first-order valence-electron chi connectivity index (χ1n) is 6.74. The van der Waals surface area contributed by atoms with Crippen LogP contribution in [0.25, 0.3) is 11.4 Å². The molecule has 0 spiro atoms. The van der Waals surface area contributed by atoms with Crippen LogP contribution in [-0.2, 0) is 10.2 Å². The van der Waals surface area contributed by atoms with Gasteiger partial charge in [0.15, 0.2) is 5.82 Å². The largest absolute Gasteiger partial charge is 0.481 e. The molecule has 0 fully saturated rings. The predicted octanol–water partition coefficient (Wildman–Crippen LogP) is 3.34. The number of hydrogen-bond donors (Lipinski definition) is 2. The van der Waals surface area contributed by atoms with Crippen molar-refractivity contribution in [3.63, 3.8) is 0 Å². The molecular formula is C15H19N3O2S. The maximum atomic E-state index is 10.5. The second-order valence-corrected chi connectivity index (χ2v) is 6.85. The molecule has 0 unspecified atom stereocenters. The summed E-state index contributed by atoms with van der Waals surface area (Å²) in [4.78, 5) is 14.8. The highest BCUT2D eigenvalue weighted by Crippen LogP contribution is 2.25. The molecule has 0 aliphatic rings. The molecule has 0 atom stereocenters. The number of carbonyl (C=O) groups is 1. The number of carboxylic acid groups (broad SMARTS) is 1. The van der Waals surface area contributed by atoms with Crippen molar-refractivity contribution in [2.45, 2.75) is 37.8 Å². The Morgan fingerprint density at radius 3 is 2.52 bits per heavy atom. The van der Waals surface area contributed by atoms with E-state index in [0.717, 1.165) is 5.56 Å². The minimum absolute atomic E-state index is 0.106. The first kappa shape index (κ1) is 15.6. The van der Waals surface area contributed by atoms with Crippen LogP contribution in [0.2, 0.25) is 0 Å². The number of H-pyrrole nitrogens is 1.